The summed E-state index contributed by atoms with van der Waals surface area (Å²) in [5.74, 6) is -0.126. The molecule has 0 fully saturated rings. The van der Waals surface area contributed by atoms with Gasteiger partial charge in [-0.3, -0.25) is 18.2 Å². The van der Waals surface area contributed by atoms with Crippen molar-refractivity contribution >= 4 is 98.1 Å². The average molecular weight is 1040 g/mol. The van der Waals surface area contributed by atoms with Crippen molar-refractivity contribution in [2.75, 3.05) is 14.2 Å². The van der Waals surface area contributed by atoms with E-state index >= 15 is 0 Å². The second kappa shape index (κ2) is 20.5. The first-order chi connectivity index (χ1) is 32.7. The number of nitrogens with zero attached hydrogens (tertiary/aromatic N) is 8. The van der Waals surface area contributed by atoms with Crippen LogP contribution in [0.15, 0.2) is 159 Å². The standard InChI is InChI=1S/C42H36N8O16S4/c1-25-17-37(39(65-3)23-35(25)45-43-29-7-5-9-33(19-29)67(53,54)55)49(51)47-31-15-13-27(41(21-31)69(59,60)61)11-12-28-14-16-32(22-42(28)70(62,63)64)48-50(52)38-18-26(2)36(24-40(38)66-4)46-44-30-8-6-10-34(20-30)68(56,57)58/h5-24H,1-4H3,(H,53,54,55)(H,56,57,58)(H,59,60,61)(H,62,63,64)/b12-11+,45-43?,46-44?,49-47?,50-48?. The minimum absolute atomic E-state index is 0.0628. The monoisotopic (exact) mass is 1040 g/mol. The van der Waals surface area contributed by atoms with Crippen molar-refractivity contribution in [1.29, 1.82) is 0 Å². The predicted molar refractivity (Wildman–Crippen MR) is 249 cm³/mol. The van der Waals surface area contributed by atoms with Gasteiger partial charge in [-0.1, -0.05) is 36.4 Å². The van der Waals surface area contributed by atoms with E-state index in [1.165, 1.54) is 74.9 Å². The van der Waals surface area contributed by atoms with Crippen LogP contribution in [-0.2, 0) is 40.5 Å². The van der Waals surface area contributed by atoms with Crippen molar-refractivity contribution in [3.05, 3.63) is 142 Å². The first kappa shape index (κ1) is 51.7. The Bertz CT molecular complexity index is 3450. The van der Waals surface area contributed by atoms with Crippen LogP contribution in [0.4, 0.5) is 45.5 Å². The van der Waals surface area contributed by atoms with Gasteiger partial charge in [-0.15, -0.1) is 0 Å². The molecule has 0 aliphatic carbocycles. The third-order valence-electron chi connectivity index (χ3n) is 9.59. The van der Waals surface area contributed by atoms with Gasteiger partial charge in [-0.05, 0) is 106 Å². The molecule has 0 bridgehead atoms. The number of azo groups is 4. The largest absolute Gasteiger partial charge is 0.594 e. The van der Waals surface area contributed by atoms with E-state index in [2.05, 4.69) is 30.7 Å². The third kappa shape index (κ3) is 12.7. The molecule has 4 N–H and O–H groups in total. The summed E-state index contributed by atoms with van der Waals surface area (Å²) in [7, 11) is -16.6. The van der Waals surface area contributed by atoms with E-state index in [9.17, 15) is 62.3 Å². The van der Waals surface area contributed by atoms with Crippen LogP contribution >= 0.6 is 0 Å². The number of rotatable bonds is 16. The number of aryl methyl sites for hydroxylation is 2. The van der Waals surface area contributed by atoms with Gasteiger partial charge in [-0.2, -0.15) is 54.1 Å². The van der Waals surface area contributed by atoms with Crippen LogP contribution in [0, 0.1) is 24.3 Å². The molecule has 70 heavy (non-hydrogen) atoms. The minimum atomic E-state index is -5.04. The Morgan fingerprint density at radius 1 is 0.471 bits per heavy atom. The van der Waals surface area contributed by atoms with E-state index in [1.807, 2.05) is 0 Å². The lowest BCUT2D eigenvalue weighted by Crippen LogP contribution is -2.02. The Morgan fingerprint density at radius 2 is 0.843 bits per heavy atom. The van der Waals surface area contributed by atoms with Gasteiger partial charge < -0.3 is 19.9 Å². The molecule has 28 heteroatoms. The number of hydrogen-bond acceptors (Lipinski definition) is 18. The highest BCUT2D eigenvalue weighted by molar-refractivity contribution is 7.86. The molecule has 0 atom stereocenters. The lowest BCUT2D eigenvalue weighted by atomic mass is 10.1. The molecule has 0 aromatic heterocycles. The van der Waals surface area contributed by atoms with Crippen LogP contribution in [0.1, 0.15) is 22.3 Å². The van der Waals surface area contributed by atoms with Crippen molar-refractivity contribution in [2.45, 2.75) is 33.4 Å². The SMILES string of the molecule is COc1cc(N=Nc2cccc(S(=O)(=O)O)c2)c(C)cc1[N+]([O-])=Nc1ccc(/C=C/c2ccc(N=[N+]([O-])c3cc(C)c(N=Nc4cccc(S(=O)(=O)O)c4)cc3OC)cc2S(=O)(=O)O)c(S(=O)(=O)O)c1. The zero-order chi connectivity index (χ0) is 51.3. The van der Waals surface area contributed by atoms with Gasteiger partial charge in [0.25, 0.3) is 51.8 Å². The Balaban J connectivity index is 1.27. The lowest BCUT2D eigenvalue weighted by molar-refractivity contribution is -0.436. The van der Waals surface area contributed by atoms with E-state index in [-0.39, 0.29) is 77.8 Å². The minimum Gasteiger partial charge on any atom is -0.594 e. The molecule has 0 spiro atoms. The van der Waals surface area contributed by atoms with Crippen molar-refractivity contribution in [3.8, 4) is 11.5 Å². The maximum atomic E-state index is 13.4. The normalized spacial score (nSPS) is 13.1. The first-order valence-corrected chi connectivity index (χ1v) is 25.2. The van der Waals surface area contributed by atoms with Gasteiger partial charge >= 0.3 is 0 Å². The highest BCUT2D eigenvalue weighted by atomic mass is 32.2. The van der Waals surface area contributed by atoms with Gasteiger partial charge in [0.15, 0.2) is 11.5 Å². The second-order valence-electron chi connectivity index (χ2n) is 14.4. The quantitative estimate of drug-likeness (QED) is 0.0230. The van der Waals surface area contributed by atoms with E-state index in [0.29, 0.717) is 11.1 Å². The average Bonchev–Trinajstić information content (AvgIpc) is 3.29. The topological polar surface area (TPSA) is 362 Å². The molecule has 0 saturated carbocycles. The molecular weight excluding hydrogens is 1000 g/mol. The van der Waals surface area contributed by atoms with Crippen LogP contribution in [0.5, 0.6) is 11.5 Å². The summed E-state index contributed by atoms with van der Waals surface area (Å²) < 4.78 is 146. The van der Waals surface area contributed by atoms with Crippen LogP contribution in [0.3, 0.4) is 0 Å². The van der Waals surface area contributed by atoms with Gasteiger partial charge in [0.05, 0.1) is 46.8 Å². The summed E-state index contributed by atoms with van der Waals surface area (Å²) in [6.45, 7) is 3.12. The second-order valence-corrected chi connectivity index (χ2v) is 20.1. The van der Waals surface area contributed by atoms with Gasteiger partial charge in [-0.25, -0.2) is 0 Å². The van der Waals surface area contributed by atoms with Crippen LogP contribution in [-0.4, -0.2) is 75.8 Å². The summed E-state index contributed by atoms with van der Waals surface area (Å²) in [6, 6.07) is 21.7. The Hall–Kier alpha value is -7.70. The first-order valence-electron chi connectivity index (χ1n) is 19.4. The highest BCUT2D eigenvalue weighted by Gasteiger charge is 2.22. The fourth-order valence-electron chi connectivity index (χ4n) is 6.19. The van der Waals surface area contributed by atoms with Crippen LogP contribution in [0.25, 0.3) is 12.2 Å². The summed E-state index contributed by atoms with van der Waals surface area (Å²) in [6.07, 6.45) is 2.16. The molecule has 0 saturated heterocycles. The Labute approximate surface area is 399 Å². The van der Waals surface area contributed by atoms with Gasteiger partial charge in [0.1, 0.15) is 21.2 Å². The molecular formula is C42H36N8O16S4. The molecule has 0 aliphatic heterocycles. The van der Waals surface area contributed by atoms with Crippen molar-refractivity contribution in [3.63, 3.8) is 0 Å². The van der Waals surface area contributed by atoms with Gasteiger partial charge in [0, 0.05) is 34.5 Å². The summed E-state index contributed by atoms with van der Waals surface area (Å²) in [5, 5.41) is 50.6. The fraction of sp³-hybridized carbons (Fsp3) is 0.0952. The summed E-state index contributed by atoms with van der Waals surface area (Å²) >= 11 is 0. The maximum Gasteiger partial charge on any atom is 0.295 e. The smallest absolute Gasteiger partial charge is 0.295 e. The van der Waals surface area contributed by atoms with E-state index < -0.39 is 60.1 Å². The third-order valence-corrected chi connectivity index (χ3v) is 13.1. The molecule has 0 amide bonds. The molecule has 364 valence electrons. The molecule has 24 nitrogen and oxygen atoms in total. The van der Waals surface area contributed by atoms with Crippen molar-refractivity contribution in [1.82, 2.24) is 0 Å². The fourth-order valence-corrected chi connectivity index (χ4v) is 8.64. The molecule has 0 heterocycles. The predicted octanol–water partition coefficient (Wildman–Crippen LogP) is 10.2. The van der Waals surface area contributed by atoms with Gasteiger partial charge in [0.2, 0.25) is 0 Å². The Morgan fingerprint density at radius 3 is 1.17 bits per heavy atom. The van der Waals surface area contributed by atoms with Crippen LogP contribution < -0.4 is 9.47 Å². The van der Waals surface area contributed by atoms with Crippen molar-refractivity contribution in [2.24, 2.45) is 30.7 Å². The van der Waals surface area contributed by atoms with Crippen LogP contribution in [0.2, 0.25) is 0 Å². The maximum absolute atomic E-state index is 13.4. The zero-order valence-corrected chi connectivity index (χ0v) is 39.7. The van der Waals surface area contributed by atoms with Crippen molar-refractivity contribution < 1.29 is 71.1 Å². The summed E-state index contributed by atoms with van der Waals surface area (Å²) in [5.41, 5.74) is -0.0525. The molecule has 6 aromatic rings. The number of methoxy groups -OCH3 is 2. The van der Waals surface area contributed by atoms with E-state index in [0.717, 1.165) is 60.7 Å². The molecule has 6 rings (SSSR count). The van der Waals surface area contributed by atoms with E-state index in [1.54, 1.807) is 13.8 Å². The molecule has 0 radical (unpaired) electrons. The number of hydrogen-bond donors (Lipinski definition) is 4. The molecule has 0 aliphatic rings. The molecule has 0 unspecified atom stereocenters. The lowest BCUT2D eigenvalue weighted by Gasteiger charge is -2.09. The zero-order valence-electron chi connectivity index (χ0n) is 36.4. The number of ether oxygens (including phenoxy) is 2. The Kier molecular flexibility index (Phi) is 15.1. The van der Waals surface area contributed by atoms with E-state index in [4.69, 9.17) is 9.47 Å². The molecule has 6 aromatic carbocycles. The summed E-state index contributed by atoms with van der Waals surface area (Å²) in [4.78, 5) is -2.13. The highest BCUT2D eigenvalue weighted by Crippen LogP contribution is 2.39. The number of benzene rings is 6.